The summed E-state index contributed by atoms with van der Waals surface area (Å²) in [5, 5.41) is 2.82. The van der Waals surface area contributed by atoms with Crippen molar-refractivity contribution in [3.05, 3.63) is 39.6 Å². The Bertz CT molecular complexity index is 485. The summed E-state index contributed by atoms with van der Waals surface area (Å²) in [7, 11) is 2.48. The van der Waals surface area contributed by atoms with Crippen LogP contribution in [-0.4, -0.2) is 26.2 Å². The van der Waals surface area contributed by atoms with E-state index in [4.69, 9.17) is 0 Å². The Labute approximate surface area is 118 Å². The quantitative estimate of drug-likeness (QED) is 0.505. The van der Waals surface area contributed by atoms with Crippen molar-refractivity contribution in [1.82, 2.24) is 0 Å². The van der Waals surface area contributed by atoms with Gasteiger partial charge in [-0.25, -0.2) is 9.59 Å². The molecule has 0 bridgehead atoms. The number of hydrogen-bond acceptors (Lipinski definition) is 5. The summed E-state index contributed by atoms with van der Waals surface area (Å²) in [6, 6.07) is 7.34. The average molecular weight is 361 g/mol. The van der Waals surface area contributed by atoms with Crippen molar-refractivity contribution < 1.29 is 19.1 Å². The van der Waals surface area contributed by atoms with E-state index in [0.29, 0.717) is 5.69 Å². The Kier molecular flexibility index (Phi) is 5.63. The monoisotopic (exact) mass is 361 g/mol. The number of benzene rings is 1. The minimum absolute atomic E-state index is 0.0198. The number of hydrogen-bond donors (Lipinski definition) is 1. The van der Waals surface area contributed by atoms with Gasteiger partial charge in [-0.15, -0.1) is 0 Å². The number of nitrogens with one attached hydrogen (secondary N) is 1. The van der Waals surface area contributed by atoms with Crippen LogP contribution in [0.15, 0.2) is 36.0 Å². The molecule has 0 aliphatic rings. The fourth-order valence-corrected chi connectivity index (χ4v) is 1.70. The third-order valence-corrected chi connectivity index (χ3v) is 2.64. The molecular weight excluding hydrogens is 349 g/mol. The summed E-state index contributed by atoms with van der Waals surface area (Å²) < 4.78 is 10.1. The Morgan fingerprint density at radius 2 is 2.00 bits per heavy atom. The standard InChI is InChI=1S/C12H12INO4/c1-17-11(15)7-10(12(16)18-2)14-9-5-3-4-8(13)6-9/h3-7,14H,1-2H3/b10-7+. The van der Waals surface area contributed by atoms with Gasteiger partial charge in [0.1, 0.15) is 5.70 Å². The van der Waals surface area contributed by atoms with Gasteiger partial charge < -0.3 is 14.8 Å². The van der Waals surface area contributed by atoms with Gasteiger partial charge in [0.05, 0.1) is 20.3 Å². The molecule has 0 aromatic heterocycles. The molecular formula is C12H12INO4. The van der Waals surface area contributed by atoms with Gasteiger partial charge in [-0.1, -0.05) is 6.07 Å². The highest BCUT2D eigenvalue weighted by molar-refractivity contribution is 14.1. The van der Waals surface area contributed by atoms with Crippen LogP contribution >= 0.6 is 22.6 Å². The third kappa shape index (κ3) is 4.36. The molecule has 0 atom stereocenters. The molecule has 0 spiro atoms. The van der Waals surface area contributed by atoms with E-state index in [1.165, 1.54) is 14.2 Å². The SMILES string of the molecule is COC(=O)/C=C(/Nc1cccc(I)c1)C(=O)OC. The molecule has 0 saturated carbocycles. The number of halogens is 1. The first-order valence-corrected chi connectivity index (χ1v) is 6.05. The second kappa shape index (κ2) is 7.00. The second-order valence-electron chi connectivity index (χ2n) is 3.21. The topological polar surface area (TPSA) is 64.6 Å². The lowest BCUT2D eigenvalue weighted by molar-refractivity contribution is -0.138. The van der Waals surface area contributed by atoms with Crippen LogP contribution < -0.4 is 5.32 Å². The summed E-state index contributed by atoms with van der Waals surface area (Å²) in [5.41, 5.74) is 0.703. The van der Waals surface area contributed by atoms with Crippen LogP contribution in [0.2, 0.25) is 0 Å². The van der Waals surface area contributed by atoms with Crippen LogP contribution in [0.5, 0.6) is 0 Å². The zero-order valence-corrected chi connectivity index (χ0v) is 12.1. The van der Waals surface area contributed by atoms with Gasteiger partial charge in [-0.2, -0.15) is 0 Å². The predicted molar refractivity (Wildman–Crippen MR) is 74.9 cm³/mol. The van der Waals surface area contributed by atoms with E-state index in [9.17, 15) is 9.59 Å². The Balaban J connectivity index is 2.95. The molecule has 0 aliphatic carbocycles. The highest BCUT2D eigenvalue weighted by atomic mass is 127. The number of carbonyl (C=O) groups is 2. The molecule has 1 N–H and O–H groups in total. The zero-order chi connectivity index (χ0) is 13.5. The lowest BCUT2D eigenvalue weighted by Gasteiger charge is -2.09. The molecule has 0 aliphatic heterocycles. The molecule has 0 radical (unpaired) electrons. The molecule has 0 saturated heterocycles. The van der Waals surface area contributed by atoms with Crippen molar-refractivity contribution >= 4 is 40.2 Å². The van der Waals surface area contributed by atoms with Crippen LogP contribution in [0.3, 0.4) is 0 Å². The van der Waals surface area contributed by atoms with Crippen molar-refractivity contribution in [1.29, 1.82) is 0 Å². The number of esters is 2. The molecule has 18 heavy (non-hydrogen) atoms. The summed E-state index contributed by atoms with van der Waals surface area (Å²) in [4.78, 5) is 22.6. The van der Waals surface area contributed by atoms with Crippen molar-refractivity contribution in [2.24, 2.45) is 0 Å². The Morgan fingerprint density at radius 3 is 2.56 bits per heavy atom. The van der Waals surface area contributed by atoms with Gasteiger partial charge in [0.15, 0.2) is 0 Å². The first-order chi connectivity index (χ1) is 8.56. The zero-order valence-electron chi connectivity index (χ0n) is 9.90. The van der Waals surface area contributed by atoms with E-state index in [2.05, 4.69) is 37.4 Å². The van der Waals surface area contributed by atoms with Gasteiger partial charge in [-0.05, 0) is 40.8 Å². The van der Waals surface area contributed by atoms with Crippen LogP contribution in [-0.2, 0) is 19.1 Å². The largest absolute Gasteiger partial charge is 0.466 e. The van der Waals surface area contributed by atoms with Gasteiger partial charge in [0.2, 0.25) is 0 Å². The number of methoxy groups -OCH3 is 2. The lowest BCUT2D eigenvalue weighted by Crippen LogP contribution is -2.15. The summed E-state index contributed by atoms with van der Waals surface area (Å²) in [6.45, 7) is 0. The maximum absolute atomic E-state index is 11.5. The van der Waals surface area contributed by atoms with Gasteiger partial charge in [0.25, 0.3) is 0 Å². The Hall–Kier alpha value is -1.57. The van der Waals surface area contributed by atoms with Crippen LogP contribution in [0.4, 0.5) is 5.69 Å². The van der Waals surface area contributed by atoms with Crippen LogP contribution in [0.1, 0.15) is 0 Å². The lowest BCUT2D eigenvalue weighted by atomic mass is 10.3. The summed E-state index contributed by atoms with van der Waals surface area (Å²) in [5.74, 6) is -1.27. The minimum atomic E-state index is -0.640. The fourth-order valence-electron chi connectivity index (χ4n) is 1.15. The molecule has 0 unspecified atom stereocenters. The Morgan fingerprint density at radius 1 is 1.28 bits per heavy atom. The molecule has 0 fully saturated rings. The van der Waals surface area contributed by atoms with Crippen LogP contribution in [0, 0.1) is 3.57 Å². The number of anilines is 1. The smallest absolute Gasteiger partial charge is 0.354 e. The maximum atomic E-state index is 11.5. The molecule has 6 heteroatoms. The third-order valence-electron chi connectivity index (χ3n) is 1.97. The van der Waals surface area contributed by atoms with E-state index >= 15 is 0 Å². The van der Waals surface area contributed by atoms with Gasteiger partial charge in [0, 0.05) is 9.26 Å². The highest BCUT2D eigenvalue weighted by Gasteiger charge is 2.12. The van der Waals surface area contributed by atoms with Crippen molar-refractivity contribution in [3.63, 3.8) is 0 Å². The molecule has 1 rings (SSSR count). The molecule has 0 amide bonds. The fraction of sp³-hybridized carbons (Fsp3) is 0.167. The molecule has 1 aromatic carbocycles. The van der Waals surface area contributed by atoms with E-state index in [0.717, 1.165) is 9.65 Å². The summed E-state index contributed by atoms with van der Waals surface area (Å²) in [6.07, 6.45) is 1.05. The first kappa shape index (κ1) is 14.5. The number of ether oxygens (including phenoxy) is 2. The summed E-state index contributed by atoms with van der Waals surface area (Å²) >= 11 is 2.14. The van der Waals surface area contributed by atoms with Crippen LogP contribution in [0.25, 0.3) is 0 Å². The van der Waals surface area contributed by atoms with E-state index in [-0.39, 0.29) is 5.70 Å². The van der Waals surface area contributed by atoms with Gasteiger partial charge in [-0.3, -0.25) is 0 Å². The first-order valence-electron chi connectivity index (χ1n) is 4.97. The second-order valence-corrected chi connectivity index (χ2v) is 4.45. The normalized spacial score (nSPS) is 10.7. The van der Waals surface area contributed by atoms with Gasteiger partial charge >= 0.3 is 11.9 Å². The van der Waals surface area contributed by atoms with E-state index in [1.54, 1.807) is 6.07 Å². The van der Waals surface area contributed by atoms with E-state index in [1.807, 2.05) is 18.2 Å². The minimum Gasteiger partial charge on any atom is -0.466 e. The van der Waals surface area contributed by atoms with Crippen molar-refractivity contribution in [2.75, 3.05) is 19.5 Å². The molecule has 0 heterocycles. The van der Waals surface area contributed by atoms with E-state index < -0.39 is 11.9 Å². The molecule has 5 nitrogen and oxygen atoms in total. The molecule has 1 aromatic rings. The maximum Gasteiger partial charge on any atom is 0.354 e. The van der Waals surface area contributed by atoms with Crippen molar-refractivity contribution in [2.45, 2.75) is 0 Å². The highest BCUT2D eigenvalue weighted by Crippen LogP contribution is 2.15. The number of rotatable bonds is 4. The van der Waals surface area contributed by atoms with Crippen molar-refractivity contribution in [3.8, 4) is 0 Å². The number of carbonyl (C=O) groups excluding carboxylic acids is 2. The molecule has 96 valence electrons. The average Bonchev–Trinajstić information content (AvgIpc) is 2.36. The predicted octanol–water partition coefficient (Wildman–Crippen LogP) is 1.93.